The van der Waals surface area contributed by atoms with Gasteiger partial charge in [-0.15, -0.1) is 0 Å². The molecule has 112 valence electrons. The van der Waals surface area contributed by atoms with E-state index in [1.54, 1.807) is 7.11 Å². The zero-order chi connectivity index (χ0) is 14.6. The summed E-state index contributed by atoms with van der Waals surface area (Å²) in [7, 11) is 1.74. The highest BCUT2D eigenvalue weighted by Gasteiger charge is 2.40. The molecule has 1 aromatic carbocycles. The van der Waals surface area contributed by atoms with Crippen molar-refractivity contribution in [3.63, 3.8) is 0 Å². The molecule has 2 heteroatoms. The van der Waals surface area contributed by atoms with Gasteiger partial charge >= 0.3 is 0 Å². The summed E-state index contributed by atoms with van der Waals surface area (Å²) in [5, 5.41) is 3.77. The fourth-order valence-electron chi connectivity index (χ4n) is 3.88. The second-order valence-corrected chi connectivity index (χ2v) is 6.14. The molecule has 0 spiro atoms. The van der Waals surface area contributed by atoms with Gasteiger partial charge in [-0.2, -0.15) is 0 Å². The number of nitrogens with one attached hydrogen (secondary N) is 1. The topological polar surface area (TPSA) is 21.3 Å². The summed E-state index contributed by atoms with van der Waals surface area (Å²) < 4.78 is 5.35. The summed E-state index contributed by atoms with van der Waals surface area (Å²) in [5.74, 6) is 0.957. The van der Waals surface area contributed by atoms with Gasteiger partial charge in [-0.25, -0.2) is 0 Å². The molecule has 0 bridgehead atoms. The molecule has 0 aliphatic heterocycles. The average Bonchev–Trinajstić information content (AvgIpc) is 2.95. The molecule has 0 heterocycles. The zero-order valence-corrected chi connectivity index (χ0v) is 13.5. The lowest BCUT2D eigenvalue weighted by atomic mass is 9.72. The average molecular weight is 275 g/mol. The van der Waals surface area contributed by atoms with Crippen molar-refractivity contribution in [2.75, 3.05) is 13.7 Å². The minimum atomic E-state index is 0.440. The monoisotopic (exact) mass is 275 g/mol. The van der Waals surface area contributed by atoms with Crippen LogP contribution in [0.25, 0.3) is 0 Å². The molecule has 2 nitrogen and oxygen atoms in total. The van der Waals surface area contributed by atoms with Gasteiger partial charge in [-0.3, -0.25) is 0 Å². The Kier molecular flexibility index (Phi) is 5.09. The third kappa shape index (κ3) is 2.85. The van der Waals surface area contributed by atoms with Crippen molar-refractivity contribution in [1.82, 2.24) is 5.32 Å². The van der Waals surface area contributed by atoms with E-state index in [0.29, 0.717) is 11.5 Å². The Morgan fingerprint density at radius 1 is 1.25 bits per heavy atom. The van der Waals surface area contributed by atoms with Crippen LogP contribution in [0.5, 0.6) is 5.75 Å². The minimum absolute atomic E-state index is 0.440. The van der Waals surface area contributed by atoms with Gasteiger partial charge in [-0.1, -0.05) is 32.8 Å². The summed E-state index contributed by atoms with van der Waals surface area (Å²) in [6, 6.07) is 7.01. The normalized spacial score (nSPS) is 19.0. The van der Waals surface area contributed by atoms with E-state index in [-0.39, 0.29) is 0 Å². The molecule has 0 aromatic heterocycles. The first kappa shape index (κ1) is 15.4. The molecular weight excluding hydrogens is 246 g/mol. The van der Waals surface area contributed by atoms with Gasteiger partial charge in [0.15, 0.2) is 0 Å². The molecule has 1 aliphatic carbocycles. The highest BCUT2D eigenvalue weighted by Crippen LogP contribution is 2.50. The molecule has 1 aromatic rings. The SMILES string of the molecule is CCNC(c1ccc(OC)cc1C)C1(CC)CCCC1. The van der Waals surface area contributed by atoms with Gasteiger partial charge in [0.1, 0.15) is 5.75 Å². The van der Waals surface area contributed by atoms with Gasteiger partial charge in [0.2, 0.25) is 0 Å². The Bertz CT molecular complexity index is 435. The molecule has 1 aliphatic rings. The summed E-state index contributed by atoms with van der Waals surface area (Å²) in [5.41, 5.74) is 3.24. The van der Waals surface area contributed by atoms with Gasteiger partial charge in [-0.05, 0) is 61.4 Å². The van der Waals surface area contributed by atoms with E-state index in [0.717, 1.165) is 12.3 Å². The van der Waals surface area contributed by atoms with Crippen LogP contribution in [0.1, 0.15) is 63.1 Å². The fourth-order valence-corrected chi connectivity index (χ4v) is 3.88. The molecule has 1 saturated carbocycles. The van der Waals surface area contributed by atoms with E-state index in [2.05, 4.69) is 44.3 Å². The summed E-state index contributed by atoms with van der Waals surface area (Å²) in [4.78, 5) is 0. The second kappa shape index (κ2) is 6.62. The van der Waals surface area contributed by atoms with Crippen LogP contribution in [-0.2, 0) is 0 Å². The first-order valence-corrected chi connectivity index (χ1v) is 8.04. The van der Waals surface area contributed by atoms with Gasteiger partial charge in [0.25, 0.3) is 0 Å². The third-order valence-electron chi connectivity index (χ3n) is 5.11. The smallest absolute Gasteiger partial charge is 0.119 e. The van der Waals surface area contributed by atoms with Crippen LogP contribution in [0.3, 0.4) is 0 Å². The number of benzene rings is 1. The van der Waals surface area contributed by atoms with Crippen molar-refractivity contribution in [2.45, 2.75) is 58.9 Å². The van der Waals surface area contributed by atoms with Crippen molar-refractivity contribution in [1.29, 1.82) is 0 Å². The Morgan fingerprint density at radius 3 is 2.45 bits per heavy atom. The Labute approximate surface area is 123 Å². The molecule has 1 fully saturated rings. The fraction of sp³-hybridized carbons (Fsp3) is 0.667. The maximum atomic E-state index is 5.35. The van der Waals surface area contributed by atoms with Crippen molar-refractivity contribution in [3.05, 3.63) is 29.3 Å². The van der Waals surface area contributed by atoms with Crippen LogP contribution in [0.2, 0.25) is 0 Å². The van der Waals surface area contributed by atoms with E-state index in [9.17, 15) is 0 Å². The molecule has 0 radical (unpaired) electrons. The molecule has 0 amide bonds. The van der Waals surface area contributed by atoms with Crippen molar-refractivity contribution in [3.8, 4) is 5.75 Å². The molecule has 2 rings (SSSR count). The lowest BCUT2D eigenvalue weighted by Crippen LogP contribution is -2.36. The highest BCUT2D eigenvalue weighted by atomic mass is 16.5. The van der Waals surface area contributed by atoms with Gasteiger partial charge < -0.3 is 10.1 Å². The Hall–Kier alpha value is -1.02. The van der Waals surface area contributed by atoms with Crippen LogP contribution < -0.4 is 10.1 Å². The third-order valence-corrected chi connectivity index (χ3v) is 5.11. The van der Waals surface area contributed by atoms with Gasteiger partial charge in [0, 0.05) is 6.04 Å². The largest absolute Gasteiger partial charge is 0.497 e. The van der Waals surface area contributed by atoms with E-state index in [1.807, 2.05) is 0 Å². The van der Waals surface area contributed by atoms with E-state index >= 15 is 0 Å². The maximum absolute atomic E-state index is 5.35. The van der Waals surface area contributed by atoms with E-state index in [1.165, 1.54) is 43.2 Å². The number of hydrogen-bond acceptors (Lipinski definition) is 2. The predicted molar refractivity (Wildman–Crippen MR) is 85.3 cm³/mol. The van der Waals surface area contributed by atoms with E-state index < -0.39 is 0 Å². The van der Waals surface area contributed by atoms with Crippen LogP contribution in [0, 0.1) is 12.3 Å². The van der Waals surface area contributed by atoms with Crippen LogP contribution in [0.15, 0.2) is 18.2 Å². The number of methoxy groups -OCH3 is 1. The first-order valence-electron chi connectivity index (χ1n) is 8.04. The first-order chi connectivity index (χ1) is 9.66. The van der Waals surface area contributed by atoms with Crippen molar-refractivity contribution in [2.24, 2.45) is 5.41 Å². The standard InChI is InChI=1S/C18H29NO/c1-5-18(11-7-8-12-18)17(19-6-2)16-10-9-15(20-4)13-14(16)3/h9-10,13,17,19H,5-8,11-12H2,1-4H3. The lowest BCUT2D eigenvalue weighted by Gasteiger charge is -2.38. The van der Waals surface area contributed by atoms with E-state index in [4.69, 9.17) is 4.74 Å². The molecule has 20 heavy (non-hydrogen) atoms. The quantitative estimate of drug-likeness (QED) is 0.817. The summed E-state index contributed by atoms with van der Waals surface area (Å²) in [6.45, 7) is 7.80. The van der Waals surface area contributed by atoms with Crippen LogP contribution in [-0.4, -0.2) is 13.7 Å². The Morgan fingerprint density at radius 2 is 1.95 bits per heavy atom. The molecule has 1 N–H and O–H groups in total. The molecule has 0 saturated heterocycles. The number of ether oxygens (including phenoxy) is 1. The highest BCUT2D eigenvalue weighted by molar-refractivity contribution is 5.37. The van der Waals surface area contributed by atoms with Crippen LogP contribution in [0.4, 0.5) is 0 Å². The van der Waals surface area contributed by atoms with Crippen LogP contribution >= 0.6 is 0 Å². The van der Waals surface area contributed by atoms with Crippen molar-refractivity contribution < 1.29 is 4.74 Å². The number of aryl methyl sites for hydroxylation is 1. The predicted octanol–water partition coefficient (Wildman–Crippen LogP) is 4.62. The second-order valence-electron chi connectivity index (χ2n) is 6.14. The van der Waals surface area contributed by atoms with Crippen molar-refractivity contribution >= 4 is 0 Å². The number of rotatable bonds is 6. The lowest BCUT2D eigenvalue weighted by molar-refractivity contribution is 0.188. The molecule has 1 atom stereocenters. The van der Waals surface area contributed by atoms with Gasteiger partial charge in [0.05, 0.1) is 7.11 Å². The summed E-state index contributed by atoms with van der Waals surface area (Å²) in [6.07, 6.45) is 6.73. The zero-order valence-electron chi connectivity index (χ0n) is 13.5. The Balaban J connectivity index is 2.37. The molecule has 1 unspecified atom stereocenters. The number of hydrogen-bond donors (Lipinski definition) is 1. The molecular formula is C18H29NO. The maximum Gasteiger partial charge on any atom is 0.119 e. The minimum Gasteiger partial charge on any atom is -0.497 e. The summed E-state index contributed by atoms with van der Waals surface area (Å²) >= 11 is 0.